The van der Waals surface area contributed by atoms with E-state index in [9.17, 15) is 9.59 Å². The Morgan fingerprint density at radius 3 is 2.70 bits per heavy atom. The molecule has 3 aromatic rings. The second-order valence-corrected chi connectivity index (χ2v) is 9.83. The molecule has 1 aliphatic carbocycles. The van der Waals surface area contributed by atoms with E-state index >= 15 is 0 Å². The predicted molar refractivity (Wildman–Crippen MR) is 120 cm³/mol. The van der Waals surface area contributed by atoms with Gasteiger partial charge in [-0.1, -0.05) is 25.2 Å². The number of anilines is 2. The normalized spacial score (nSPS) is 13.2. The zero-order valence-electron chi connectivity index (χ0n) is 16.9. The van der Waals surface area contributed by atoms with Gasteiger partial charge in [-0.2, -0.15) is 0 Å². The molecule has 0 fully saturated rings. The SMILES string of the molecule is CC(C)Cc1nnc(NC(=O)c2c(NC(=O)c3cccnc3)sc3c2CCCC3)s1. The number of rotatable bonds is 6. The molecule has 0 aliphatic heterocycles. The van der Waals surface area contributed by atoms with Crippen molar-refractivity contribution < 1.29 is 9.59 Å². The van der Waals surface area contributed by atoms with Crippen LogP contribution < -0.4 is 10.6 Å². The van der Waals surface area contributed by atoms with Gasteiger partial charge in [0.15, 0.2) is 0 Å². The van der Waals surface area contributed by atoms with E-state index in [1.165, 1.54) is 33.7 Å². The number of pyridine rings is 1. The van der Waals surface area contributed by atoms with Crippen LogP contribution in [0.2, 0.25) is 0 Å². The molecule has 0 atom stereocenters. The van der Waals surface area contributed by atoms with Gasteiger partial charge in [0.1, 0.15) is 10.0 Å². The lowest BCUT2D eigenvalue weighted by Crippen LogP contribution is -2.18. The molecule has 1 aliphatic rings. The number of fused-ring (bicyclic) bond motifs is 1. The second-order valence-electron chi connectivity index (χ2n) is 7.66. The monoisotopic (exact) mass is 441 g/mol. The zero-order valence-corrected chi connectivity index (χ0v) is 18.5. The van der Waals surface area contributed by atoms with E-state index in [4.69, 9.17) is 0 Å². The fraction of sp³-hybridized carbons (Fsp3) is 0.381. The highest BCUT2D eigenvalue weighted by Crippen LogP contribution is 2.39. The Labute approximate surface area is 183 Å². The van der Waals surface area contributed by atoms with Crippen molar-refractivity contribution in [3.8, 4) is 0 Å². The van der Waals surface area contributed by atoms with E-state index in [1.54, 1.807) is 18.3 Å². The molecule has 0 aromatic carbocycles. The quantitative estimate of drug-likeness (QED) is 0.584. The van der Waals surface area contributed by atoms with Crippen LogP contribution in [0.4, 0.5) is 10.1 Å². The van der Waals surface area contributed by atoms with Crippen LogP contribution in [0.5, 0.6) is 0 Å². The van der Waals surface area contributed by atoms with E-state index in [1.807, 2.05) is 0 Å². The van der Waals surface area contributed by atoms with Gasteiger partial charge in [0.05, 0.1) is 11.1 Å². The Hall–Kier alpha value is -2.65. The van der Waals surface area contributed by atoms with Crippen LogP contribution in [0.15, 0.2) is 24.5 Å². The molecule has 9 heteroatoms. The van der Waals surface area contributed by atoms with E-state index in [0.29, 0.717) is 27.2 Å². The number of nitrogens with one attached hydrogen (secondary N) is 2. The molecule has 7 nitrogen and oxygen atoms in total. The molecule has 0 unspecified atom stereocenters. The number of thiophene rings is 1. The van der Waals surface area contributed by atoms with Crippen molar-refractivity contribution in [2.45, 2.75) is 46.0 Å². The highest BCUT2D eigenvalue weighted by atomic mass is 32.1. The Morgan fingerprint density at radius 1 is 1.10 bits per heavy atom. The van der Waals surface area contributed by atoms with Crippen LogP contribution in [-0.2, 0) is 19.3 Å². The summed E-state index contributed by atoms with van der Waals surface area (Å²) in [6.45, 7) is 4.24. The molecule has 30 heavy (non-hydrogen) atoms. The number of carbonyl (C=O) groups excluding carboxylic acids is 2. The summed E-state index contributed by atoms with van der Waals surface area (Å²) in [5.41, 5.74) is 2.04. The summed E-state index contributed by atoms with van der Waals surface area (Å²) in [6.07, 6.45) is 7.87. The van der Waals surface area contributed by atoms with Gasteiger partial charge < -0.3 is 5.32 Å². The summed E-state index contributed by atoms with van der Waals surface area (Å²) in [7, 11) is 0. The van der Waals surface area contributed by atoms with E-state index in [2.05, 4.69) is 39.7 Å². The van der Waals surface area contributed by atoms with Crippen molar-refractivity contribution in [3.05, 3.63) is 51.1 Å². The van der Waals surface area contributed by atoms with Gasteiger partial charge in [-0.25, -0.2) is 0 Å². The van der Waals surface area contributed by atoms with Crippen molar-refractivity contribution in [2.75, 3.05) is 10.6 Å². The first-order valence-corrected chi connectivity index (χ1v) is 11.6. The molecular formula is C21H23N5O2S2. The summed E-state index contributed by atoms with van der Waals surface area (Å²) in [4.78, 5) is 31.0. The lowest BCUT2D eigenvalue weighted by molar-refractivity contribution is 0.102. The first-order chi connectivity index (χ1) is 14.5. The topological polar surface area (TPSA) is 96.9 Å². The van der Waals surface area contributed by atoms with Crippen LogP contribution >= 0.6 is 22.7 Å². The van der Waals surface area contributed by atoms with Crippen LogP contribution in [0.3, 0.4) is 0 Å². The molecule has 3 heterocycles. The van der Waals surface area contributed by atoms with Crippen molar-refractivity contribution in [3.63, 3.8) is 0 Å². The third-order valence-electron chi connectivity index (χ3n) is 4.82. The van der Waals surface area contributed by atoms with Gasteiger partial charge in [-0.15, -0.1) is 21.5 Å². The Kier molecular flexibility index (Phi) is 6.19. The third-order valence-corrected chi connectivity index (χ3v) is 6.89. The fourth-order valence-electron chi connectivity index (χ4n) is 3.46. The number of carbonyl (C=O) groups is 2. The van der Waals surface area contributed by atoms with E-state index in [-0.39, 0.29) is 11.8 Å². The fourth-order valence-corrected chi connectivity index (χ4v) is 5.69. The van der Waals surface area contributed by atoms with Gasteiger partial charge in [-0.05, 0) is 49.3 Å². The van der Waals surface area contributed by atoms with Gasteiger partial charge >= 0.3 is 0 Å². The Morgan fingerprint density at radius 2 is 1.93 bits per heavy atom. The maximum atomic E-state index is 13.2. The molecule has 2 amide bonds. The molecule has 3 aromatic heterocycles. The van der Waals surface area contributed by atoms with Gasteiger partial charge in [0.25, 0.3) is 11.8 Å². The summed E-state index contributed by atoms with van der Waals surface area (Å²) >= 11 is 2.89. The van der Waals surface area contributed by atoms with Crippen molar-refractivity contribution in [1.29, 1.82) is 0 Å². The van der Waals surface area contributed by atoms with E-state index < -0.39 is 0 Å². The summed E-state index contributed by atoms with van der Waals surface area (Å²) in [5, 5.41) is 16.1. The molecule has 2 N–H and O–H groups in total. The highest BCUT2D eigenvalue weighted by Gasteiger charge is 2.27. The summed E-state index contributed by atoms with van der Waals surface area (Å²) < 4.78 is 0. The molecule has 0 bridgehead atoms. The molecule has 0 saturated carbocycles. The lowest BCUT2D eigenvalue weighted by Gasteiger charge is -2.12. The molecule has 0 saturated heterocycles. The van der Waals surface area contributed by atoms with Crippen molar-refractivity contribution in [2.24, 2.45) is 5.92 Å². The standard InChI is InChI=1S/C21H23N5O2S2/c1-12(2)10-16-25-26-21(30-16)24-19(28)17-14-7-3-4-8-15(14)29-20(17)23-18(27)13-6-5-9-22-11-13/h5-6,9,11-12H,3-4,7-8,10H2,1-2H3,(H,23,27)(H,24,26,28). The lowest BCUT2D eigenvalue weighted by atomic mass is 9.95. The number of amides is 2. The average molecular weight is 442 g/mol. The molecular weight excluding hydrogens is 418 g/mol. The molecule has 0 spiro atoms. The van der Waals surface area contributed by atoms with Crippen LogP contribution in [-0.4, -0.2) is 27.0 Å². The van der Waals surface area contributed by atoms with Gasteiger partial charge in [-0.3, -0.25) is 19.9 Å². The highest BCUT2D eigenvalue weighted by molar-refractivity contribution is 7.17. The van der Waals surface area contributed by atoms with Crippen LogP contribution in [0.25, 0.3) is 0 Å². The Balaban J connectivity index is 1.59. The maximum Gasteiger partial charge on any atom is 0.260 e. The molecule has 156 valence electrons. The molecule has 0 radical (unpaired) electrons. The Bertz CT molecular complexity index is 1060. The van der Waals surface area contributed by atoms with Crippen molar-refractivity contribution >= 4 is 44.6 Å². The number of nitrogens with zero attached hydrogens (tertiary/aromatic N) is 3. The van der Waals surface area contributed by atoms with Crippen LogP contribution in [0, 0.1) is 5.92 Å². The van der Waals surface area contributed by atoms with Gasteiger partial charge in [0, 0.05) is 23.7 Å². The third kappa shape index (κ3) is 4.57. The predicted octanol–water partition coefficient (Wildman–Crippen LogP) is 4.58. The number of aromatic nitrogens is 3. The smallest absolute Gasteiger partial charge is 0.260 e. The minimum absolute atomic E-state index is 0.247. The summed E-state index contributed by atoms with van der Waals surface area (Å²) in [5.74, 6) is -0.0475. The number of hydrogen-bond acceptors (Lipinski definition) is 7. The first-order valence-electron chi connectivity index (χ1n) is 10.0. The number of aryl methyl sites for hydroxylation is 1. The second kappa shape index (κ2) is 9.01. The minimum atomic E-state index is -0.272. The van der Waals surface area contributed by atoms with E-state index in [0.717, 1.165) is 42.7 Å². The van der Waals surface area contributed by atoms with Crippen molar-refractivity contribution in [1.82, 2.24) is 15.2 Å². The number of hydrogen-bond donors (Lipinski definition) is 2. The van der Waals surface area contributed by atoms with Crippen LogP contribution in [0.1, 0.15) is 62.9 Å². The molecule has 4 rings (SSSR count). The average Bonchev–Trinajstić information content (AvgIpc) is 3.31. The zero-order chi connectivity index (χ0) is 21.1. The maximum absolute atomic E-state index is 13.2. The van der Waals surface area contributed by atoms with Gasteiger partial charge in [0.2, 0.25) is 5.13 Å². The minimum Gasteiger partial charge on any atom is -0.313 e. The largest absolute Gasteiger partial charge is 0.313 e. The summed E-state index contributed by atoms with van der Waals surface area (Å²) in [6, 6.07) is 3.42. The first kappa shape index (κ1) is 20.6.